The van der Waals surface area contributed by atoms with E-state index in [0.717, 1.165) is 12.3 Å². The predicted octanol–water partition coefficient (Wildman–Crippen LogP) is 4.21. The van der Waals surface area contributed by atoms with Crippen LogP contribution in [0.25, 0.3) is 0 Å². The molecule has 0 aliphatic heterocycles. The van der Waals surface area contributed by atoms with Gasteiger partial charge < -0.3 is 0 Å². The van der Waals surface area contributed by atoms with Crippen LogP contribution in [0.15, 0.2) is 12.2 Å². The summed E-state index contributed by atoms with van der Waals surface area (Å²) >= 11 is 12.1. The average Bonchev–Trinajstić information content (AvgIpc) is 2.15. The van der Waals surface area contributed by atoms with Crippen molar-refractivity contribution in [1.82, 2.24) is 0 Å². The van der Waals surface area contributed by atoms with Gasteiger partial charge in [0.1, 0.15) is 0 Å². The van der Waals surface area contributed by atoms with Crippen LogP contribution in [0.4, 0.5) is 0 Å². The average molecular weight is 237 g/mol. The molecular weight excluding hydrogens is 219 g/mol. The van der Waals surface area contributed by atoms with E-state index in [0.29, 0.717) is 5.54 Å². The summed E-state index contributed by atoms with van der Waals surface area (Å²) in [5.74, 6) is 0.756. The molecule has 76 valence electrons. The van der Waals surface area contributed by atoms with Gasteiger partial charge in [-0.15, -0.1) is 0 Å². The summed E-state index contributed by atoms with van der Waals surface area (Å²) in [7, 11) is -1.41. The number of halogens is 2. The monoisotopic (exact) mass is 236 g/mol. The third-order valence-corrected chi connectivity index (χ3v) is 6.21. The van der Waals surface area contributed by atoms with Crippen molar-refractivity contribution < 1.29 is 0 Å². The maximum Gasteiger partial charge on any atom is 0.240 e. The lowest BCUT2D eigenvalue weighted by Crippen LogP contribution is -2.17. The molecule has 0 bridgehead atoms. The second-order valence-corrected chi connectivity index (χ2v) is 8.96. The van der Waals surface area contributed by atoms with Gasteiger partial charge in [-0.05, 0) is 30.7 Å². The fourth-order valence-electron chi connectivity index (χ4n) is 2.00. The molecule has 2 unspecified atom stereocenters. The fourth-order valence-corrected chi connectivity index (χ4v) is 4.42. The summed E-state index contributed by atoms with van der Waals surface area (Å²) in [4.78, 5) is 0. The molecule has 0 aromatic carbocycles. The molecule has 0 saturated heterocycles. The quantitative estimate of drug-likeness (QED) is 0.392. The van der Waals surface area contributed by atoms with Crippen LogP contribution in [0.2, 0.25) is 5.54 Å². The highest BCUT2D eigenvalue weighted by molar-refractivity contribution is 7.34. The second-order valence-electron chi connectivity index (χ2n) is 3.86. The van der Waals surface area contributed by atoms with Crippen LogP contribution < -0.4 is 0 Å². The molecule has 1 saturated carbocycles. The van der Waals surface area contributed by atoms with E-state index in [9.17, 15) is 0 Å². The van der Waals surface area contributed by atoms with Crippen molar-refractivity contribution in [1.29, 1.82) is 0 Å². The summed E-state index contributed by atoms with van der Waals surface area (Å²) in [6, 6.07) is 0. The fraction of sp³-hybridized carbons (Fsp3) is 0.800. The first-order valence-corrected chi connectivity index (χ1v) is 9.34. The van der Waals surface area contributed by atoms with Gasteiger partial charge in [0, 0.05) is 0 Å². The highest BCUT2D eigenvalue weighted by Gasteiger charge is 2.25. The van der Waals surface area contributed by atoms with Crippen molar-refractivity contribution in [2.75, 3.05) is 0 Å². The van der Waals surface area contributed by atoms with Crippen LogP contribution in [-0.4, -0.2) is 7.42 Å². The molecule has 0 radical (unpaired) electrons. The van der Waals surface area contributed by atoms with Crippen molar-refractivity contribution in [3.05, 3.63) is 12.2 Å². The van der Waals surface area contributed by atoms with Crippen molar-refractivity contribution in [3.8, 4) is 0 Å². The molecule has 1 fully saturated rings. The van der Waals surface area contributed by atoms with Crippen LogP contribution in [0, 0.1) is 5.92 Å². The van der Waals surface area contributed by atoms with Gasteiger partial charge in [0.05, 0.1) is 0 Å². The minimum absolute atomic E-state index is 0.656. The zero-order valence-electron chi connectivity index (χ0n) is 8.18. The molecule has 2 atom stereocenters. The van der Waals surface area contributed by atoms with Crippen LogP contribution in [0.3, 0.4) is 0 Å². The largest absolute Gasteiger partial charge is 0.240 e. The summed E-state index contributed by atoms with van der Waals surface area (Å²) in [5.41, 5.74) is 0.656. The van der Waals surface area contributed by atoms with E-state index in [-0.39, 0.29) is 0 Å². The van der Waals surface area contributed by atoms with Crippen molar-refractivity contribution >= 4 is 29.6 Å². The molecule has 1 rings (SSSR count). The molecule has 1 aliphatic rings. The van der Waals surface area contributed by atoms with Crippen LogP contribution in [0.1, 0.15) is 39.0 Å². The minimum atomic E-state index is -1.41. The smallest absolute Gasteiger partial charge is 0.150 e. The lowest BCUT2D eigenvalue weighted by Gasteiger charge is -2.27. The van der Waals surface area contributed by atoms with E-state index < -0.39 is 7.42 Å². The Hall–Kier alpha value is 0.537. The minimum Gasteiger partial charge on any atom is -0.150 e. The number of allylic oxidation sites excluding steroid dienone is 2. The normalized spacial score (nSPS) is 30.2. The molecule has 0 amide bonds. The Morgan fingerprint density at radius 2 is 2.15 bits per heavy atom. The number of rotatable bonds is 3. The van der Waals surface area contributed by atoms with E-state index in [2.05, 4.69) is 19.1 Å². The van der Waals surface area contributed by atoms with Crippen molar-refractivity contribution in [2.24, 2.45) is 5.92 Å². The summed E-state index contributed by atoms with van der Waals surface area (Å²) in [6.07, 6.45) is 10.9. The predicted molar refractivity (Wildman–Crippen MR) is 64.0 cm³/mol. The second kappa shape index (κ2) is 6.10. The lowest BCUT2D eigenvalue weighted by molar-refractivity contribution is 0.417. The molecule has 3 heteroatoms. The van der Waals surface area contributed by atoms with Gasteiger partial charge in [0.15, 0.2) is 0 Å². The van der Waals surface area contributed by atoms with E-state index in [1.54, 1.807) is 0 Å². The van der Waals surface area contributed by atoms with Crippen LogP contribution in [0.5, 0.6) is 0 Å². The third-order valence-electron chi connectivity index (χ3n) is 2.76. The SMILES string of the molecule is CCC=CC1CCCC([SiH](Cl)Cl)C1. The van der Waals surface area contributed by atoms with Gasteiger partial charge in [-0.1, -0.05) is 31.9 Å². The standard InChI is InChI=1S/C10H18Cl2Si/c1-2-3-5-9-6-4-7-10(8-9)13(11)12/h3,5,9-10,13H,2,4,6-8H2,1H3. The first-order chi connectivity index (χ1) is 6.24. The van der Waals surface area contributed by atoms with Gasteiger partial charge >= 0.3 is 0 Å². The summed E-state index contributed by atoms with van der Waals surface area (Å²) in [5, 5.41) is 0. The van der Waals surface area contributed by atoms with Gasteiger partial charge in [-0.25, -0.2) is 0 Å². The van der Waals surface area contributed by atoms with Crippen LogP contribution >= 0.6 is 22.2 Å². The van der Waals surface area contributed by atoms with Gasteiger partial charge in [-0.2, -0.15) is 22.2 Å². The maximum absolute atomic E-state index is 6.04. The molecule has 0 aromatic heterocycles. The Kier molecular flexibility index (Phi) is 5.45. The Balaban J connectivity index is 2.37. The third kappa shape index (κ3) is 4.05. The first-order valence-electron chi connectivity index (χ1n) is 5.18. The Labute approximate surface area is 92.3 Å². The van der Waals surface area contributed by atoms with Crippen molar-refractivity contribution in [3.63, 3.8) is 0 Å². The van der Waals surface area contributed by atoms with E-state index in [4.69, 9.17) is 22.2 Å². The van der Waals surface area contributed by atoms with Crippen molar-refractivity contribution in [2.45, 2.75) is 44.6 Å². The highest BCUT2D eigenvalue weighted by atomic mass is 35.7. The highest BCUT2D eigenvalue weighted by Crippen LogP contribution is 2.37. The summed E-state index contributed by atoms with van der Waals surface area (Å²) in [6.45, 7) is 2.18. The molecule has 13 heavy (non-hydrogen) atoms. The lowest BCUT2D eigenvalue weighted by atomic mass is 9.88. The summed E-state index contributed by atoms with van der Waals surface area (Å²) < 4.78 is 0. The van der Waals surface area contributed by atoms with Gasteiger partial charge in [-0.3, -0.25) is 0 Å². The zero-order valence-corrected chi connectivity index (χ0v) is 10.8. The van der Waals surface area contributed by atoms with Gasteiger partial charge in [0.25, 0.3) is 0 Å². The first kappa shape index (κ1) is 11.6. The van der Waals surface area contributed by atoms with E-state index in [1.165, 1.54) is 25.7 Å². The van der Waals surface area contributed by atoms with Crippen LogP contribution in [-0.2, 0) is 0 Å². The van der Waals surface area contributed by atoms with Gasteiger partial charge in [0.2, 0.25) is 7.42 Å². The molecule has 0 heterocycles. The maximum atomic E-state index is 6.04. The van der Waals surface area contributed by atoms with E-state index >= 15 is 0 Å². The molecule has 0 spiro atoms. The Bertz CT molecular complexity index is 168. The molecular formula is C10H18Cl2Si. The molecule has 1 aliphatic carbocycles. The number of hydrogen-bond acceptors (Lipinski definition) is 0. The topological polar surface area (TPSA) is 0 Å². The molecule has 0 N–H and O–H groups in total. The zero-order chi connectivity index (χ0) is 9.68. The Morgan fingerprint density at radius 1 is 1.38 bits per heavy atom. The molecule has 0 aromatic rings. The molecule has 0 nitrogen and oxygen atoms in total. The number of hydrogen-bond donors (Lipinski definition) is 0. The Morgan fingerprint density at radius 3 is 2.77 bits per heavy atom. The van der Waals surface area contributed by atoms with E-state index in [1.807, 2.05) is 0 Å².